The van der Waals surface area contributed by atoms with Crippen molar-refractivity contribution in [3.05, 3.63) is 35.9 Å². The zero-order valence-corrected chi connectivity index (χ0v) is 18.1. The van der Waals surface area contributed by atoms with Gasteiger partial charge in [-0.15, -0.1) is 0 Å². The minimum atomic E-state index is 0.287. The van der Waals surface area contributed by atoms with Crippen LogP contribution in [0.1, 0.15) is 25.8 Å². The summed E-state index contributed by atoms with van der Waals surface area (Å²) < 4.78 is 0. The third-order valence-electron chi connectivity index (χ3n) is 5.77. The fourth-order valence-corrected chi connectivity index (χ4v) is 4.62. The van der Waals surface area contributed by atoms with Crippen LogP contribution in [0.15, 0.2) is 30.3 Å². The first-order chi connectivity index (χ1) is 13.5. The normalized spacial score (nSPS) is 23.5. The Morgan fingerprint density at radius 1 is 1.04 bits per heavy atom. The van der Waals surface area contributed by atoms with Crippen LogP contribution >= 0.6 is 12.2 Å². The number of nitrogens with zero attached hydrogens (tertiary/aromatic N) is 3. The highest BCUT2D eigenvalue weighted by Crippen LogP contribution is 2.21. The van der Waals surface area contributed by atoms with E-state index in [2.05, 4.69) is 58.1 Å². The van der Waals surface area contributed by atoms with Gasteiger partial charge in [-0.05, 0) is 42.5 Å². The highest BCUT2D eigenvalue weighted by Gasteiger charge is 2.27. The van der Waals surface area contributed by atoms with E-state index < -0.39 is 0 Å². The molecular formula is C22H34N4OS. The Bertz CT molecular complexity index is 635. The van der Waals surface area contributed by atoms with E-state index >= 15 is 0 Å². The number of benzene rings is 1. The molecule has 3 rings (SSSR count). The van der Waals surface area contributed by atoms with E-state index in [1.54, 1.807) is 0 Å². The van der Waals surface area contributed by atoms with Gasteiger partial charge in [-0.3, -0.25) is 9.69 Å². The van der Waals surface area contributed by atoms with Gasteiger partial charge in [0.1, 0.15) is 0 Å². The highest BCUT2D eigenvalue weighted by molar-refractivity contribution is 7.80. The van der Waals surface area contributed by atoms with E-state index in [-0.39, 0.29) is 5.91 Å². The molecule has 2 atom stereocenters. The number of likely N-dealkylation sites (tertiary alicyclic amines) is 1. The molecule has 5 nitrogen and oxygen atoms in total. The van der Waals surface area contributed by atoms with E-state index in [9.17, 15) is 4.79 Å². The van der Waals surface area contributed by atoms with E-state index in [1.807, 2.05) is 6.07 Å². The SMILES string of the molecule is C[C@@H]1C[C@H](C)CN(C(=O)CN2CCN(C(=S)NCCc3ccccc3)CC2)C1. The molecule has 1 amide bonds. The zero-order chi connectivity index (χ0) is 19.9. The lowest BCUT2D eigenvalue weighted by Gasteiger charge is -2.39. The van der Waals surface area contributed by atoms with Crippen molar-refractivity contribution < 1.29 is 4.79 Å². The number of nitrogens with one attached hydrogen (secondary N) is 1. The van der Waals surface area contributed by atoms with Crippen molar-refractivity contribution in [1.82, 2.24) is 20.0 Å². The van der Waals surface area contributed by atoms with Crippen molar-refractivity contribution in [3.8, 4) is 0 Å². The van der Waals surface area contributed by atoms with Gasteiger partial charge in [0.15, 0.2) is 5.11 Å². The zero-order valence-electron chi connectivity index (χ0n) is 17.3. The summed E-state index contributed by atoms with van der Waals surface area (Å²) in [6.07, 6.45) is 2.21. The lowest BCUT2D eigenvalue weighted by molar-refractivity contribution is -0.135. The molecule has 0 unspecified atom stereocenters. The first-order valence-electron chi connectivity index (χ1n) is 10.6. The van der Waals surface area contributed by atoms with Gasteiger partial charge in [0.25, 0.3) is 0 Å². The Morgan fingerprint density at radius 3 is 2.32 bits per heavy atom. The van der Waals surface area contributed by atoms with Crippen LogP contribution in [-0.2, 0) is 11.2 Å². The van der Waals surface area contributed by atoms with Crippen LogP contribution in [0.4, 0.5) is 0 Å². The van der Waals surface area contributed by atoms with Crippen molar-refractivity contribution in [3.63, 3.8) is 0 Å². The number of thiocarbonyl (C=S) groups is 1. The van der Waals surface area contributed by atoms with Gasteiger partial charge in [-0.2, -0.15) is 0 Å². The van der Waals surface area contributed by atoms with Crippen LogP contribution in [0, 0.1) is 11.8 Å². The molecule has 2 saturated heterocycles. The smallest absolute Gasteiger partial charge is 0.236 e. The minimum Gasteiger partial charge on any atom is -0.362 e. The molecule has 0 spiro atoms. The summed E-state index contributed by atoms with van der Waals surface area (Å²) in [6.45, 7) is 11.3. The standard InChI is InChI=1S/C22H34N4OS/c1-18-14-19(2)16-26(15-18)21(27)17-24-10-12-25(13-11-24)22(28)23-9-8-20-6-4-3-5-7-20/h3-7,18-19H,8-17H2,1-2H3,(H,23,28)/t18-,19+. The topological polar surface area (TPSA) is 38.8 Å². The average molecular weight is 403 g/mol. The second-order valence-corrected chi connectivity index (χ2v) is 8.86. The van der Waals surface area contributed by atoms with E-state index in [4.69, 9.17) is 12.2 Å². The fourth-order valence-electron chi connectivity index (χ4n) is 4.34. The lowest BCUT2D eigenvalue weighted by atomic mass is 9.92. The summed E-state index contributed by atoms with van der Waals surface area (Å²) in [5.41, 5.74) is 1.32. The molecule has 2 heterocycles. The van der Waals surface area contributed by atoms with Crippen LogP contribution in [0.3, 0.4) is 0 Å². The predicted molar refractivity (Wildman–Crippen MR) is 118 cm³/mol. The van der Waals surface area contributed by atoms with Gasteiger partial charge in [-0.25, -0.2) is 0 Å². The molecule has 1 aromatic rings. The monoisotopic (exact) mass is 402 g/mol. The quantitative estimate of drug-likeness (QED) is 0.765. The summed E-state index contributed by atoms with van der Waals surface area (Å²) in [4.78, 5) is 19.3. The Labute approximate surface area is 175 Å². The molecule has 2 aliphatic heterocycles. The third kappa shape index (κ3) is 6.17. The van der Waals surface area contributed by atoms with E-state index in [1.165, 1.54) is 12.0 Å². The maximum absolute atomic E-state index is 12.7. The predicted octanol–water partition coefficient (Wildman–Crippen LogP) is 2.23. The summed E-state index contributed by atoms with van der Waals surface area (Å²) in [6, 6.07) is 10.5. The Hall–Kier alpha value is -1.66. The second kappa shape index (κ2) is 10.2. The largest absolute Gasteiger partial charge is 0.362 e. The fraction of sp³-hybridized carbons (Fsp3) is 0.636. The summed E-state index contributed by atoms with van der Waals surface area (Å²) >= 11 is 5.57. The summed E-state index contributed by atoms with van der Waals surface area (Å²) in [5, 5.41) is 4.22. The second-order valence-electron chi connectivity index (χ2n) is 8.48. The molecule has 2 aliphatic rings. The molecule has 0 bridgehead atoms. The number of hydrogen-bond donors (Lipinski definition) is 1. The lowest BCUT2D eigenvalue weighted by Crippen LogP contribution is -2.54. The van der Waals surface area contributed by atoms with Gasteiger partial charge >= 0.3 is 0 Å². The van der Waals surface area contributed by atoms with Crippen molar-refractivity contribution in [2.45, 2.75) is 26.7 Å². The van der Waals surface area contributed by atoms with Gasteiger partial charge in [0, 0.05) is 45.8 Å². The first-order valence-corrected chi connectivity index (χ1v) is 11.0. The molecule has 154 valence electrons. The number of piperazine rings is 1. The van der Waals surface area contributed by atoms with Gasteiger partial charge in [0.05, 0.1) is 6.54 Å². The van der Waals surface area contributed by atoms with Crippen LogP contribution in [0.25, 0.3) is 0 Å². The summed E-state index contributed by atoms with van der Waals surface area (Å²) in [7, 11) is 0. The summed E-state index contributed by atoms with van der Waals surface area (Å²) in [5.74, 6) is 1.52. The number of hydrogen-bond acceptors (Lipinski definition) is 3. The van der Waals surface area contributed by atoms with Crippen LogP contribution in [0.2, 0.25) is 0 Å². The van der Waals surface area contributed by atoms with Crippen LogP contribution < -0.4 is 5.32 Å². The minimum absolute atomic E-state index is 0.287. The van der Waals surface area contributed by atoms with Crippen LogP contribution in [-0.4, -0.2) is 78.1 Å². The molecular weight excluding hydrogens is 368 g/mol. The maximum Gasteiger partial charge on any atom is 0.236 e. The van der Waals surface area contributed by atoms with E-state index in [0.717, 1.165) is 57.3 Å². The molecule has 28 heavy (non-hydrogen) atoms. The van der Waals surface area contributed by atoms with Gasteiger partial charge < -0.3 is 15.1 Å². The first kappa shape index (κ1) is 21.1. The molecule has 0 aromatic heterocycles. The Morgan fingerprint density at radius 2 is 1.68 bits per heavy atom. The molecule has 0 radical (unpaired) electrons. The van der Waals surface area contributed by atoms with Crippen molar-refractivity contribution >= 4 is 23.2 Å². The highest BCUT2D eigenvalue weighted by atomic mass is 32.1. The number of carbonyl (C=O) groups is 1. The maximum atomic E-state index is 12.7. The van der Waals surface area contributed by atoms with Gasteiger partial charge in [0.2, 0.25) is 5.91 Å². The van der Waals surface area contributed by atoms with Crippen molar-refractivity contribution in [2.24, 2.45) is 11.8 Å². The Balaban J connectivity index is 1.35. The molecule has 1 aromatic carbocycles. The number of piperidine rings is 1. The Kier molecular flexibility index (Phi) is 7.68. The molecule has 6 heteroatoms. The van der Waals surface area contributed by atoms with Crippen molar-refractivity contribution in [2.75, 3.05) is 52.4 Å². The molecule has 0 aliphatic carbocycles. The molecule has 0 saturated carbocycles. The number of rotatable bonds is 5. The van der Waals surface area contributed by atoms with Crippen LogP contribution in [0.5, 0.6) is 0 Å². The van der Waals surface area contributed by atoms with Gasteiger partial charge in [-0.1, -0.05) is 44.2 Å². The molecule has 2 fully saturated rings. The van der Waals surface area contributed by atoms with E-state index in [0.29, 0.717) is 18.4 Å². The van der Waals surface area contributed by atoms with Crippen molar-refractivity contribution in [1.29, 1.82) is 0 Å². The average Bonchev–Trinajstić information content (AvgIpc) is 2.68. The number of amides is 1. The molecule has 1 N–H and O–H groups in total. The third-order valence-corrected chi connectivity index (χ3v) is 6.18. The number of carbonyl (C=O) groups excluding carboxylic acids is 1.